The van der Waals surface area contributed by atoms with Crippen molar-refractivity contribution >= 4 is 0 Å². The predicted octanol–water partition coefficient (Wildman–Crippen LogP) is 1.84. The molecule has 2 N–H and O–H groups in total. The average Bonchev–Trinajstić information content (AvgIpc) is 2.73. The van der Waals surface area contributed by atoms with Gasteiger partial charge >= 0.3 is 0 Å². The van der Waals surface area contributed by atoms with Gasteiger partial charge in [-0.15, -0.1) is 0 Å². The molecule has 1 saturated carbocycles. The first-order valence-corrected chi connectivity index (χ1v) is 6.45. The van der Waals surface area contributed by atoms with E-state index < -0.39 is 0 Å². The molecule has 1 aliphatic carbocycles. The van der Waals surface area contributed by atoms with Crippen LogP contribution in [-0.2, 0) is 18.4 Å². The Morgan fingerprint density at radius 3 is 3.06 bits per heavy atom. The number of aryl methyl sites for hydroxylation is 1. The van der Waals surface area contributed by atoms with Crippen LogP contribution in [0.3, 0.4) is 0 Å². The summed E-state index contributed by atoms with van der Waals surface area (Å²) in [4.78, 5) is 0. The number of ether oxygens (including phenoxy) is 1. The molecule has 2 rings (SSSR count). The SMILES string of the molecule is CC1CCCC(CN)(OCc2cnn(C)c2)C1. The zero-order valence-corrected chi connectivity index (χ0v) is 10.9. The summed E-state index contributed by atoms with van der Waals surface area (Å²) in [5.74, 6) is 0.723. The van der Waals surface area contributed by atoms with E-state index >= 15 is 0 Å². The summed E-state index contributed by atoms with van der Waals surface area (Å²) in [7, 11) is 1.92. The highest BCUT2D eigenvalue weighted by Crippen LogP contribution is 2.35. The Morgan fingerprint density at radius 1 is 1.65 bits per heavy atom. The molecule has 0 aromatic carbocycles. The fourth-order valence-corrected chi connectivity index (χ4v) is 2.77. The fourth-order valence-electron chi connectivity index (χ4n) is 2.77. The van der Waals surface area contributed by atoms with E-state index in [0.29, 0.717) is 13.2 Å². The monoisotopic (exact) mass is 237 g/mol. The first-order valence-electron chi connectivity index (χ1n) is 6.45. The second kappa shape index (κ2) is 5.19. The van der Waals surface area contributed by atoms with Crippen LogP contribution in [0.2, 0.25) is 0 Å². The third-order valence-electron chi connectivity index (χ3n) is 3.73. The van der Waals surface area contributed by atoms with Crippen LogP contribution in [0.1, 0.15) is 38.2 Å². The number of hydrogen-bond acceptors (Lipinski definition) is 3. The van der Waals surface area contributed by atoms with Gasteiger partial charge in [-0.1, -0.05) is 19.8 Å². The summed E-state index contributed by atoms with van der Waals surface area (Å²) in [6, 6.07) is 0. The molecule has 4 nitrogen and oxygen atoms in total. The lowest BCUT2D eigenvalue weighted by molar-refractivity contribution is -0.0840. The van der Waals surface area contributed by atoms with Crippen molar-refractivity contribution in [1.29, 1.82) is 0 Å². The smallest absolute Gasteiger partial charge is 0.0811 e. The maximum Gasteiger partial charge on any atom is 0.0811 e. The number of rotatable bonds is 4. The molecule has 0 aliphatic heterocycles. The minimum absolute atomic E-state index is 0.104. The van der Waals surface area contributed by atoms with Crippen LogP contribution < -0.4 is 5.73 Å². The zero-order chi connectivity index (χ0) is 12.3. The molecular weight excluding hydrogens is 214 g/mol. The molecular formula is C13H23N3O. The van der Waals surface area contributed by atoms with Gasteiger partial charge in [0.25, 0.3) is 0 Å². The van der Waals surface area contributed by atoms with E-state index in [2.05, 4.69) is 12.0 Å². The molecule has 1 aliphatic rings. The molecule has 0 amide bonds. The third-order valence-corrected chi connectivity index (χ3v) is 3.73. The molecule has 0 saturated heterocycles. The highest BCUT2D eigenvalue weighted by Gasteiger charge is 2.34. The zero-order valence-electron chi connectivity index (χ0n) is 10.9. The number of aromatic nitrogens is 2. The van der Waals surface area contributed by atoms with E-state index in [0.717, 1.165) is 24.3 Å². The Hall–Kier alpha value is -0.870. The third kappa shape index (κ3) is 3.07. The van der Waals surface area contributed by atoms with E-state index in [1.807, 2.05) is 19.4 Å². The van der Waals surface area contributed by atoms with Crippen LogP contribution in [-0.4, -0.2) is 21.9 Å². The van der Waals surface area contributed by atoms with E-state index in [-0.39, 0.29) is 5.60 Å². The van der Waals surface area contributed by atoms with Gasteiger partial charge in [0.1, 0.15) is 0 Å². The van der Waals surface area contributed by atoms with Crippen molar-refractivity contribution in [1.82, 2.24) is 9.78 Å². The maximum absolute atomic E-state index is 6.11. The van der Waals surface area contributed by atoms with Crippen LogP contribution in [0.15, 0.2) is 12.4 Å². The first-order chi connectivity index (χ1) is 8.13. The van der Waals surface area contributed by atoms with Crippen LogP contribution in [0.4, 0.5) is 0 Å². The number of hydrogen-bond donors (Lipinski definition) is 1. The first kappa shape index (κ1) is 12.6. The molecule has 0 radical (unpaired) electrons. The van der Waals surface area contributed by atoms with E-state index in [4.69, 9.17) is 10.5 Å². The summed E-state index contributed by atoms with van der Waals surface area (Å²) in [6.07, 6.45) is 8.56. The molecule has 1 heterocycles. The Bertz CT molecular complexity index is 363. The fraction of sp³-hybridized carbons (Fsp3) is 0.769. The van der Waals surface area contributed by atoms with Crippen molar-refractivity contribution in [3.63, 3.8) is 0 Å². The molecule has 1 aromatic rings. The van der Waals surface area contributed by atoms with Gasteiger partial charge in [0.2, 0.25) is 0 Å². The standard InChI is InChI=1S/C13H23N3O/c1-11-4-3-5-13(6-11,10-14)17-9-12-7-15-16(2)8-12/h7-8,11H,3-6,9-10,14H2,1-2H3. The lowest BCUT2D eigenvalue weighted by Gasteiger charge is -2.39. The molecule has 0 spiro atoms. The van der Waals surface area contributed by atoms with Gasteiger partial charge in [0.15, 0.2) is 0 Å². The summed E-state index contributed by atoms with van der Waals surface area (Å²) >= 11 is 0. The van der Waals surface area contributed by atoms with Gasteiger partial charge < -0.3 is 10.5 Å². The molecule has 1 aromatic heterocycles. The second-order valence-electron chi connectivity index (χ2n) is 5.40. The Morgan fingerprint density at radius 2 is 2.47 bits per heavy atom. The van der Waals surface area contributed by atoms with E-state index in [1.54, 1.807) is 4.68 Å². The number of nitrogens with two attached hydrogens (primary N) is 1. The average molecular weight is 237 g/mol. The van der Waals surface area contributed by atoms with Crippen molar-refractivity contribution in [2.75, 3.05) is 6.54 Å². The van der Waals surface area contributed by atoms with E-state index in [9.17, 15) is 0 Å². The molecule has 1 fully saturated rings. The quantitative estimate of drug-likeness (QED) is 0.869. The minimum atomic E-state index is -0.104. The number of nitrogens with zero attached hydrogens (tertiary/aromatic N) is 2. The van der Waals surface area contributed by atoms with Crippen LogP contribution in [0, 0.1) is 5.92 Å². The minimum Gasteiger partial charge on any atom is -0.369 e. The molecule has 17 heavy (non-hydrogen) atoms. The normalized spacial score (nSPS) is 29.5. The Balaban J connectivity index is 1.94. The topological polar surface area (TPSA) is 53.1 Å². The van der Waals surface area contributed by atoms with Crippen LogP contribution in [0.5, 0.6) is 0 Å². The maximum atomic E-state index is 6.11. The van der Waals surface area contributed by atoms with Crippen LogP contribution in [0.25, 0.3) is 0 Å². The summed E-state index contributed by atoms with van der Waals surface area (Å²) in [5, 5.41) is 4.15. The van der Waals surface area contributed by atoms with Gasteiger partial charge in [-0.2, -0.15) is 5.10 Å². The molecule has 2 unspecified atom stereocenters. The van der Waals surface area contributed by atoms with Gasteiger partial charge in [-0.3, -0.25) is 4.68 Å². The molecule has 2 atom stereocenters. The van der Waals surface area contributed by atoms with Crippen LogP contribution >= 0.6 is 0 Å². The lowest BCUT2D eigenvalue weighted by Crippen LogP contribution is -2.44. The van der Waals surface area contributed by atoms with E-state index in [1.165, 1.54) is 12.8 Å². The highest BCUT2D eigenvalue weighted by atomic mass is 16.5. The Labute approximate surface area is 103 Å². The summed E-state index contributed by atoms with van der Waals surface area (Å²) in [6.45, 7) is 3.53. The van der Waals surface area contributed by atoms with Gasteiger partial charge in [-0.25, -0.2) is 0 Å². The molecule has 0 bridgehead atoms. The molecule has 4 heteroatoms. The predicted molar refractivity (Wildman–Crippen MR) is 67.4 cm³/mol. The Kier molecular flexibility index (Phi) is 3.84. The summed E-state index contributed by atoms with van der Waals surface area (Å²) in [5.41, 5.74) is 6.94. The van der Waals surface area contributed by atoms with Crippen molar-refractivity contribution in [3.8, 4) is 0 Å². The summed E-state index contributed by atoms with van der Waals surface area (Å²) < 4.78 is 7.91. The largest absolute Gasteiger partial charge is 0.369 e. The highest BCUT2D eigenvalue weighted by molar-refractivity contribution is 5.02. The van der Waals surface area contributed by atoms with Crippen molar-refractivity contribution in [3.05, 3.63) is 18.0 Å². The van der Waals surface area contributed by atoms with Crippen molar-refractivity contribution < 1.29 is 4.74 Å². The lowest BCUT2D eigenvalue weighted by atomic mass is 9.79. The van der Waals surface area contributed by atoms with Crippen molar-refractivity contribution in [2.24, 2.45) is 18.7 Å². The van der Waals surface area contributed by atoms with Gasteiger partial charge in [0, 0.05) is 25.4 Å². The van der Waals surface area contributed by atoms with Gasteiger partial charge in [-0.05, 0) is 18.8 Å². The second-order valence-corrected chi connectivity index (χ2v) is 5.40. The van der Waals surface area contributed by atoms with Gasteiger partial charge in [0.05, 0.1) is 18.4 Å². The van der Waals surface area contributed by atoms with Crippen molar-refractivity contribution in [2.45, 2.75) is 44.8 Å². The molecule has 96 valence electrons.